The second-order valence-electron chi connectivity index (χ2n) is 5.40. The lowest BCUT2D eigenvalue weighted by atomic mass is 9.91. The Morgan fingerprint density at radius 2 is 2.00 bits per heavy atom. The standard InChI is InChI=1S/C13H20N2O3S/c1-5-6-7-8(16)14-12-15-10(13(2,3)4)9(19-12)11(17)18/h5-7H2,1-4H3,(H,17,18)(H,14,15,16). The van der Waals surface area contributed by atoms with E-state index in [2.05, 4.69) is 10.3 Å². The fraction of sp³-hybridized carbons (Fsp3) is 0.615. The van der Waals surface area contributed by atoms with Gasteiger partial charge in [-0.25, -0.2) is 9.78 Å². The summed E-state index contributed by atoms with van der Waals surface area (Å²) in [6, 6.07) is 0. The fourth-order valence-electron chi connectivity index (χ4n) is 1.55. The van der Waals surface area contributed by atoms with E-state index in [1.54, 1.807) is 0 Å². The van der Waals surface area contributed by atoms with Crippen molar-refractivity contribution in [2.45, 2.75) is 52.4 Å². The van der Waals surface area contributed by atoms with Crippen LogP contribution >= 0.6 is 11.3 Å². The fourth-order valence-corrected chi connectivity index (χ4v) is 2.58. The molecule has 0 aromatic carbocycles. The number of thiazole rings is 1. The average molecular weight is 284 g/mol. The van der Waals surface area contributed by atoms with Crippen LogP contribution in [0.1, 0.15) is 62.3 Å². The molecule has 0 unspecified atom stereocenters. The van der Waals surface area contributed by atoms with Crippen LogP contribution in [0.2, 0.25) is 0 Å². The smallest absolute Gasteiger partial charge is 0.347 e. The van der Waals surface area contributed by atoms with E-state index in [1.165, 1.54) is 0 Å². The van der Waals surface area contributed by atoms with Gasteiger partial charge in [-0.1, -0.05) is 45.5 Å². The highest BCUT2D eigenvalue weighted by atomic mass is 32.1. The molecule has 0 atom stereocenters. The number of anilines is 1. The normalized spacial score (nSPS) is 11.4. The van der Waals surface area contributed by atoms with Gasteiger partial charge in [-0.2, -0.15) is 0 Å². The summed E-state index contributed by atoms with van der Waals surface area (Å²) >= 11 is 1.01. The molecule has 0 radical (unpaired) electrons. The maximum absolute atomic E-state index is 11.6. The first-order valence-electron chi connectivity index (χ1n) is 6.30. The third-order valence-electron chi connectivity index (χ3n) is 2.54. The average Bonchev–Trinajstić information content (AvgIpc) is 2.70. The number of nitrogens with one attached hydrogen (secondary N) is 1. The maximum atomic E-state index is 11.6. The Kier molecular flexibility index (Phi) is 5.05. The van der Waals surface area contributed by atoms with Crippen molar-refractivity contribution >= 4 is 28.3 Å². The van der Waals surface area contributed by atoms with Gasteiger partial charge in [-0.3, -0.25) is 4.79 Å². The van der Waals surface area contributed by atoms with Crippen molar-refractivity contribution in [2.24, 2.45) is 0 Å². The molecule has 0 saturated heterocycles. The molecule has 0 aliphatic rings. The van der Waals surface area contributed by atoms with E-state index in [9.17, 15) is 14.7 Å². The summed E-state index contributed by atoms with van der Waals surface area (Å²) in [5, 5.41) is 12.2. The predicted molar refractivity (Wildman–Crippen MR) is 75.9 cm³/mol. The third kappa shape index (κ3) is 4.31. The second-order valence-corrected chi connectivity index (χ2v) is 6.40. The van der Waals surface area contributed by atoms with Crippen LogP contribution in [0, 0.1) is 0 Å². The number of aromatic nitrogens is 1. The molecule has 0 saturated carbocycles. The first-order valence-corrected chi connectivity index (χ1v) is 7.11. The Labute approximate surface area is 117 Å². The number of aromatic carboxylic acids is 1. The molecule has 0 fully saturated rings. The van der Waals surface area contributed by atoms with Crippen molar-refractivity contribution in [3.05, 3.63) is 10.6 Å². The van der Waals surface area contributed by atoms with Crippen LogP contribution < -0.4 is 5.32 Å². The molecule has 2 N–H and O–H groups in total. The highest BCUT2D eigenvalue weighted by molar-refractivity contribution is 7.17. The molecule has 1 aromatic rings. The molecule has 5 nitrogen and oxygen atoms in total. The third-order valence-corrected chi connectivity index (χ3v) is 3.49. The Morgan fingerprint density at radius 3 is 2.42 bits per heavy atom. The molecule has 1 rings (SSSR count). The number of unbranched alkanes of at least 4 members (excludes halogenated alkanes) is 1. The highest BCUT2D eigenvalue weighted by Gasteiger charge is 2.27. The van der Waals surface area contributed by atoms with Gasteiger partial charge in [0.2, 0.25) is 5.91 Å². The van der Waals surface area contributed by atoms with E-state index in [0.717, 1.165) is 24.2 Å². The van der Waals surface area contributed by atoms with Crippen molar-refractivity contribution in [1.29, 1.82) is 0 Å². The van der Waals surface area contributed by atoms with Gasteiger partial charge in [0, 0.05) is 11.8 Å². The Hall–Kier alpha value is -1.43. The van der Waals surface area contributed by atoms with Gasteiger partial charge >= 0.3 is 5.97 Å². The van der Waals surface area contributed by atoms with Crippen molar-refractivity contribution < 1.29 is 14.7 Å². The Bertz CT molecular complexity index is 475. The molecular weight excluding hydrogens is 264 g/mol. The molecule has 106 valence electrons. The number of hydrogen-bond donors (Lipinski definition) is 2. The quantitative estimate of drug-likeness (QED) is 0.869. The zero-order valence-corrected chi connectivity index (χ0v) is 12.6. The van der Waals surface area contributed by atoms with Crippen LogP contribution in [0.4, 0.5) is 5.13 Å². The van der Waals surface area contributed by atoms with Crippen LogP contribution in [-0.4, -0.2) is 22.0 Å². The molecule has 1 aromatic heterocycles. The molecule has 0 spiro atoms. The first kappa shape index (κ1) is 15.6. The van der Waals surface area contributed by atoms with Gasteiger partial charge in [-0.05, 0) is 6.42 Å². The summed E-state index contributed by atoms with van der Waals surface area (Å²) in [6.07, 6.45) is 2.19. The summed E-state index contributed by atoms with van der Waals surface area (Å²) in [6.45, 7) is 7.71. The predicted octanol–water partition coefficient (Wildman–Crippen LogP) is 3.27. The minimum atomic E-state index is -1.00. The molecule has 0 aliphatic carbocycles. The lowest BCUT2D eigenvalue weighted by Crippen LogP contribution is -2.16. The molecular formula is C13H20N2O3S. The maximum Gasteiger partial charge on any atom is 0.347 e. The molecule has 0 bridgehead atoms. The van der Waals surface area contributed by atoms with E-state index in [4.69, 9.17) is 0 Å². The van der Waals surface area contributed by atoms with Crippen molar-refractivity contribution in [3.8, 4) is 0 Å². The summed E-state index contributed by atoms with van der Waals surface area (Å²) < 4.78 is 0. The number of carbonyl (C=O) groups excluding carboxylic acids is 1. The number of rotatable bonds is 5. The Balaban J connectivity index is 2.93. The summed E-state index contributed by atoms with van der Waals surface area (Å²) in [5.41, 5.74) is 0.146. The molecule has 0 aliphatic heterocycles. The van der Waals surface area contributed by atoms with E-state index in [1.807, 2.05) is 27.7 Å². The van der Waals surface area contributed by atoms with Gasteiger partial charge in [0.1, 0.15) is 4.88 Å². The van der Waals surface area contributed by atoms with Gasteiger partial charge in [0.05, 0.1) is 5.69 Å². The van der Waals surface area contributed by atoms with E-state index >= 15 is 0 Å². The number of hydrogen-bond acceptors (Lipinski definition) is 4. The van der Waals surface area contributed by atoms with Crippen LogP contribution in [0.25, 0.3) is 0 Å². The number of carboxylic acids is 1. The van der Waals surface area contributed by atoms with E-state index in [-0.39, 0.29) is 16.2 Å². The number of amides is 1. The van der Waals surface area contributed by atoms with Crippen molar-refractivity contribution in [2.75, 3.05) is 5.32 Å². The van der Waals surface area contributed by atoms with Crippen LogP contribution in [0.5, 0.6) is 0 Å². The number of carboxylic acid groups (broad SMARTS) is 1. The summed E-state index contributed by atoms with van der Waals surface area (Å²) in [5.74, 6) is -1.12. The van der Waals surface area contributed by atoms with Crippen LogP contribution in [0.15, 0.2) is 0 Å². The highest BCUT2D eigenvalue weighted by Crippen LogP contribution is 2.32. The molecule has 19 heavy (non-hydrogen) atoms. The van der Waals surface area contributed by atoms with Gasteiger partial charge in [-0.15, -0.1) is 0 Å². The zero-order chi connectivity index (χ0) is 14.6. The lowest BCUT2D eigenvalue weighted by molar-refractivity contribution is -0.116. The summed E-state index contributed by atoms with van der Waals surface area (Å²) in [4.78, 5) is 27.3. The van der Waals surface area contributed by atoms with Gasteiger partial charge in [0.25, 0.3) is 0 Å². The second kappa shape index (κ2) is 6.14. The SMILES string of the molecule is CCCCC(=O)Nc1nc(C(C)(C)C)c(C(=O)O)s1. The largest absolute Gasteiger partial charge is 0.477 e. The lowest BCUT2D eigenvalue weighted by Gasteiger charge is -2.15. The first-order chi connectivity index (χ1) is 8.75. The minimum absolute atomic E-state index is 0.118. The number of carbonyl (C=O) groups is 2. The molecule has 1 heterocycles. The van der Waals surface area contributed by atoms with Gasteiger partial charge < -0.3 is 10.4 Å². The number of nitrogens with zero attached hydrogens (tertiary/aromatic N) is 1. The Morgan fingerprint density at radius 1 is 1.37 bits per heavy atom. The monoisotopic (exact) mass is 284 g/mol. The van der Waals surface area contributed by atoms with Crippen molar-refractivity contribution in [1.82, 2.24) is 4.98 Å². The van der Waals surface area contributed by atoms with Crippen LogP contribution in [0.3, 0.4) is 0 Å². The summed E-state index contributed by atoms with van der Waals surface area (Å²) in [7, 11) is 0. The molecule has 1 amide bonds. The topological polar surface area (TPSA) is 79.3 Å². The van der Waals surface area contributed by atoms with E-state index in [0.29, 0.717) is 17.2 Å². The van der Waals surface area contributed by atoms with Gasteiger partial charge in [0.15, 0.2) is 5.13 Å². The zero-order valence-electron chi connectivity index (χ0n) is 11.7. The minimum Gasteiger partial charge on any atom is -0.477 e. The van der Waals surface area contributed by atoms with Crippen LogP contribution in [-0.2, 0) is 10.2 Å². The molecule has 6 heteroatoms. The van der Waals surface area contributed by atoms with E-state index < -0.39 is 5.97 Å². The van der Waals surface area contributed by atoms with Crippen molar-refractivity contribution in [3.63, 3.8) is 0 Å².